The first-order chi connectivity index (χ1) is 8.90. The molecule has 0 spiro atoms. The van der Waals surface area contributed by atoms with E-state index in [9.17, 15) is 14.4 Å². The number of carbonyl (C=O) groups is 3. The molecule has 0 atom stereocenters. The fourth-order valence-corrected chi connectivity index (χ4v) is 1.55. The summed E-state index contributed by atoms with van der Waals surface area (Å²) in [5.41, 5.74) is 1.25. The van der Waals surface area contributed by atoms with Crippen LogP contribution in [0.15, 0.2) is 24.3 Å². The average molecular weight is 266 g/mol. The minimum Gasteiger partial charge on any atom is -0.481 e. The molecule has 0 saturated carbocycles. The Morgan fingerprint density at radius 2 is 1.74 bits per heavy atom. The molecule has 0 bridgehead atoms. The zero-order chi connectivity index (χ0) is 14.4. The molecule has 19 heavy (non-hydrogen) atoms. The maximum absolute atomic E-state index is 10.8. The number of carbonyl (C=O) groups excluding carboxylic acids is 1. The highest BCUT2D eigenvalue weighted by Gasteiger charge is 2.25. The minimum absolute atomic E-state index is 0.0774. The molecular formula is C13H14O6. The first kappa shape index (κ1) is 14.7. The first-order valence-electron chi connectivity index (χ1n) is 5.57. The molecule has 6 heteroatoms. The SMILES string of the molecule is CC(=O)OCc1cccc(CC(C(=O)O)C(=O)O)c1. The monoisotopic (exact) mass is 266 g/mol. The lowest BCUT2D eigenvalue weighted by Gasteiger charge is -2.09. The summed E-state index contributed by atoms with van der Waals surface area (Å²) >= 11 is 0. The Balaban J connectivity index is 2.78. The summed E-state index contributed by atoms with van der Waals surface area (Å²) in [5.74, 6) is -4.65. The first-order valence-corrected chi connectivity index (χ1v) is 5.57. The third kappa shape index (κ3) is 4.79. The van der Waals surface area contributed by atoms with Crippen molar-refractivity contribution in [2.24, 2.45) is 5.92 Å². The number of ether oxygens (including phenoxy) is 1. The van der Waals surface area contributed by atoms with Crippen molar-refractivity contribution < 1.29 is 29.3 Å². The number of esters is 1. The van der Waals surface area contributed by atoms with Crippen molar-refractivity contribution in [1.82, 2.24) is 0 Å². The molecule has 6 nitrogen and oxygen atoms in total. The summed E-state index contributed by atoms with van der Waals surface area (Å²) < 4.78 is 4.81. The van der Waals surface area contributed by atoms with Gasteiger partial charge in [0.15, 0.2) is 5.92 Å². The van der Waals surface area contributed by atoms with Gasteiger partial charge in [-0.1, -0.05) is 24.3 Å². The molecule has 0 aliphatic carbocycles. The van der Waals surface area contributed by atoms with Gasteiger partial charge in [-0.05, 0) is 17.5 Å². The Bertz CT molecular complexity index is 480. The van der Waals surface area contributed by atoms with Crippen LogP contribution >= 0.6 is 0 Å². The highest BCUT2D eigenvalue weighted by atomic mass is 16.5. The number of hydrogen-bond donors (Lipinski definition) is 2. The van der Waals surface area contributed by atoms with Crippen molar-refractivity contribution in [3.8, 4) is 0 Å². The van der Waals surface area contributed by atoms with Gasteiger partial charge in [-0.25, -0.2) is 0 Å². The van der Waals surface area contributed by atoms with E-state index in [-0.39, 0.29) is 13.0 Å². The van der Waals surface area contributed by atoms with Gasteiger partial charge in [0.05, 0.1) is 0 Å². The van der Waals surface area contributed by atoms with Crippen LogP contribution in [0.4, 0.5) is 0 Å². The van der Waals surface area contributed by atoms with Gasteiger partial charge in [0.25, 0.3) is 0 Å². The fraction of sp³-hybridized carbons (Fsp3) is 0.308. The lowest BCUT2D eigenvalue weighted by molar-refractivity contribution is -0.154. The molecule has 0 aliphatic rings. The van der Waals surface area contributed by atoms with Gasteiger partial charge in [0, 0.05) is 6.92 Å². The van der Waals surface area contributed by atoms with E-state index in [1.807, 2.05) is 0 Å². The fourth-order valence-electron chi connectivity index (χ4n) is 1.55. The zero-order valence-electron chi connectivity index (χ0n) is 10.3. The van der Waals surface area contributed by atoms with Gasteiger partial charge in [0.1, 0.15) is 6.61 Å². The molecule has 1 aromatic rings. The minimum atomic E-state index is -1.48. The molecule has 0 saturated heterocycles. The Labute approximate surface area is 109 Å². The van der Waals surface area contributed by atoms with Crippen LogP contribution in [0.25, 0.3) is 0 Å². The molecule has 0 aliphatic heterocycles. The molecule has 0 aromatic heterocycles. The van der Waals surface area contributed by atoms with Crippen molar-refractivity contribution in [1.29, 1.82) is 0 Å². The highest BCUT2D eigenvalue weighted by molar-refractivity contribution is 5.93. The maximum Gasteiger partial charge on any atom is 0.318 e. The lowest BCUT2D eigenvalue weighted by Crippen LogP contribution is -2.25. The summed E-state index contributed by atoms with van der Waals surface area (Å²) in [6, 6.07) is 6.63. The molecule has 0 amide bonds. The number of benzene rings is 1. The van der Waals surface area contributed by atoms with E-state index in [0.717, 1.165) is 0 Å². The molecular weight excluding hydrogens is 252 g/mol. The van der Waals surface area contributed by atoms with Crippen LogP contribution in [0.1, 0.15) is 18.1 Å². The zero-order valence-corrected chi connectivity index (χ0v) is 10.3. The normalized spacial score (nSPS) is 10.2. The van der Waals surface area contributed by atoms with E-state index in [2.05, 4.69) is 0 Å². The van der Waals surface area contributed by atoms with Crippen molar-refractivity contribution >= 4 is 17.9 Å². The summed E-state index contributed by atoms with van der Waals surface area (Å²) in [5, 5.41) is 17.6. The van der Waals surface area contributed by atoms with E-state index in [0.29, 0.717) is 11.1 Å². The summed E-state index contributed by atoms with van der Waals surface area (Å²) in [6.07, 6.45) is -0.113. The van der Waals surface area contributed by atoms with Crippen LogP contribution in [-0.2, 0) is 32.1 Å². The standard InChI is InChI=1S/C13H14O6/c1-8(14)19-7-10-4-2-3-9(5-10)6-11(12(15)16)13(17)18/h2-5,11H,6-7H2,1H3,(H,15,16)(H,17,18). The average Bonchev–Trinajstić information content (AvgIpc) is 2.33. The number of hydrogen-bond acceptors (Lipinski definition) is 4. The topological polar surface area (TPSA) is 101 Å². The molecule has 0 unspecified atom stereocenters. The molecule has 0 radical (unpaired) electrons. The maximum atomic E-state index is 10.8. The quantitative estimate of drug-likeness (QED) is 0.590. The van der Waals surface area contributed by atoms with E-state index in [1.165, 1.54) is 6.92 Å². The van der Waals surface area contributed by atoms with E-state index < -0.39 is 23.8 Å². The van der Waals surface area contributed by atoms with Crippen LogP contribution in [0.5, 0.6) is 0 Å². The van der Waals surface area contributed by atoms with Crippen LogP contribution in [-0.4, -0.2) is 28.1 Å². The Morgan fingerprint density at radius 1 is 1.16 bits per heavy atom. The molecule has 2 N–H and O–H groups in total. The van der Waals surface area contributed by atoms with E-state index in [1.54, 1.807) is 24.3 Å². The van der Waals surface area contributed by atoms with Gasteiger partial charge >= 0.3 is 17.9 Å². The van der Waals surface area contributed by atoms with Crippen molar-refractivity contribution in [2.75, 3.05) is 0 Å². The molecule has 102 valence electrons. The van der Waals surface area contributed by atoms with Crippen molar-refractivity contribution in [3.05, 3.63) is 35.4 Å². The summed E-state index contributed by atoms with van der Waals surface area (Å²) in [4.78, 5) is 32.3. The third-order valence-electron chi connectivity index (χ3n) is 2.47. The van der Waals surface area contributed by atoms with Gasteiger partial charge in [-0.15, -0.1) is 0 Å². The van der Waals surface area contributed by atoms with Gasteiger partial charge in [-0.2, -0.15) is 0 Å². The summed E-state index contributed by atoms with van der Waals surface area (Å²) in [6.45, 7) is 1.36. The lowest BCUT2D eigenvalue weighted by atomic mass is 9.98. The van der Waals surface area contributed by atoms with Crippen molar-refractivity contribution in [3.63, 3.8) is 0 Å². The van der Waals surface area contributed by atoms with E-state index in [4.69, 9.17) is 14.9 Å². The Hall–Kier alpha value is -2.37. The molecule has 0 heterocycles. The molecule has 0 fully saturated rings. The van der Waals surface area contributed by atoms with Crippen LogP contribution in [0, 0.1) is 5.92 Å². The van der Waals surface area contributed by atoms with Gasteiger partial charge in [0.2, 0.25) is 0 Å². The van der Waals surface area contributed by atoms with E-state index >= 15 is 0 Å². The predicted octanol–water partition coefficient (Wildman–Crippen LogP) is 1.08. The Morgan fingerprint density at radius 3 is 2.26 bits per heavy atom. The largest absolute Gasteiger partial charge is 0.481 e. The number of carboxylic acids is 2. The number of rotatable bonds is 6. The third-order valence-corrected chi connectivity index (χ3v) is 2.47. The second kappa shape index (κ2) is 6.53. The van der Waals surface area contributed by atoms with Crippen LogP contribution in [0.2, 0.25) is 0 Å². The molecule has 1 rings (SSSR count). The number of aliphatic carboxylic acids is 2. The van der Waals surface area contributed by atoms with Crippen LogP contribution < -0.4 is 0 Å². The second-order valence-corrected chi connectivity index (χ2v) is 4.03. The molecule has 1 aromatic carbocycles. The highest BCUT2D eigenvalue weighted by Crippen LogP contribution is 2.13. The smallest absolute Gasteiger partial charge is 0.318 e. The predicted molar refractivity (Wildman–Crippen MR) is 64.4 cm³/mol. The number of carboxylic acid groups (broad SMARTS) is 2. The summed E-state index contributed by atoms with van der Waals surface area (Å²) in [7, 11) is 0. The second-order valence-electron chi connectivity index (χ2n) is 4.03. The van der Waals surface area contributed by atoms with Crippen LogP contribution in [0.3, 0.4) is 0 Å². The Kier molecular flexibility index (Phi) is 5.05. The van der Waals surface area contributed by atoms with Gasteiger partial charge in [-0.3, -0.25) is 14.4 Å². The van der Waals surface area contributed by atoms with Crippen molar-refractivity contribution in [2.45, 2.75) is 20.0 Å². The van der Waals surface area contributed by atoms with Gasteiger partial charge < -0.3 is 14.9 Å².